The maximum atomic E-state index is 13.2. The number of nitrogens with two attached hydrogens (primary N) is 2. The Bertz CT molecular complexity index is 667. The topological polar surface area (TPSA) is 81.5 Å². The standard InChI is InChI=1S/C23H37N3O/c1-22(2)16-10-11-18(15-7-3-4-8-15)23(22)14-20(27)17(19(23)13-16)9-5-6-12-26-21(24)25/h15-16,18H,3-14H2,1-2H3,(H4,24,25,26). The van der Waals surface area contributed by atoms with E-state index in [9.17, 15) is 4.79 Å². The number of fused-ring (bicyclic) bond motifs is 1. The Hall–Kier alpha value is -1.32. The zero-order valence-corrected chi connectivity index (χ0v) is 17.2. The first kappa shape index (κ1) is 19.0. The summed E-state index contributed by atoms with van der Waals surface area (Å²) in [6.07, 6.45) is 13.2. The molecule has 3 fully saturated rings. The van der Waals surface area contributed by atoms with E-state index in [4.69, 9.17) is 11.5 Å². The zero-order valence-electron chi connectivity index (χ0n) is 17.2. The van der Waals surface area contributed by atoms with E-state index < -0.39 is 0 Å². The molecule has 0 aromatic heterocycles. The minimum atomic E-state index is 0.165. The average Bonchev–Trinajstić information content (AvgIpc) is 3.23. The van der Waals surface area contributed by atoms with Gasteiger partial charge >= 0.3 is 0 Å². The summed E-state index contributed by atoms with van der Waals surface area (Å²) in [6.45, 7) is 5.64. The number of allylic oxidation sites excluding steroid dienone is 2. The third kappa shape index (κ3) is 2.86. The number of nitrogens with zero attached hydrogens (tertiary/aromatic N) is 1. The minimum absolute atomic E-state index is 0.165. The van der Waals surface area contributed by atoms with Crippen molar-refractivity contribution in [3.05, 3.63) is 11.1 Å². The predicted octanol–water partition coefficient (Wildman–Crippen LogP) is 4.33. The zero-order chi connectivity index (χ0) is 19.2. The molecule has 0 aliphatic heterocycles. The molecule has 0 aromatic rings. The molecule has 4 N–H and O–H groups in total. The van der Waals surface area contributed by atoms with Gasteiger partial charge in [-0.1, -0.05) is 45.1 Å². The van der Waals surface area contributed by atoms with Crippen LogP contribution in [0.25, 0.3) is 0 Å². The summed E-state index contributed by atoms with van der Waals surface area (Å²) in [5.41, 5.74) is 14.1. The lowest BCUT2D eigenvalue weighted by Crippen LogP contribution is -2.48. The van der Waals surface area contributed by atoms with Gasteiger partial charge in [0.25, 0.3) is 0 Å². The predicted molar refractivity (Wildman–Crippen MR) is 110 cm³/mol. The molecule has 3 unspecified atom stereocenters. The van der Waals surface area contributed by atoms with E-state index >= 15 is 0 Å². The fraction of sp³-hybridized carbons (Fsp3) is 0.826. The number of Topliss-reactive ketones (excluding diaryl/α,β-unsaturated/α-hetero) is 1. The quantitative estimate of drug-likeness (QED) is 0.414. The molecule has 4 rings (SSSR count). The highest BCUT2D eigenvalue weighted by Gasteiger charge is 2.67. The van der Waals surface area contributed by atoms with Crippen molar-refractivity contribution in [3.8, 4) is 0 Å². The molecule has 0 radical (unpaired) electrons. The van der Waals surface area contributed by atoms with Crippen LogP contribution in [0.5, 0.6) is 0 Å². The summed E-state index contributed by atoms with van der Waals surface area (Å²) in [7, 11) is 0. The number of unbranched alkanes of at least 4 members (excludes halogenated alkanes) is 1. The Labute approximate surface area is 164 Å². The Kier molecular flexibility index (Phi) is 4.88. The Morgan fingerprint density at radius 3 is 2.56 bits per heavy atom. The second kappa shape index (κ2) is 6.93. The first-order chi connectivity index (χ1) is 12.9. The van der Waals surface area contributed by atoms with Crippen molar-refractivity contribution in [2.75, 3.05) is 6.54 Å². The Morgan fingerprint density at radius 1 is 1.11 bits per heavy atom. The molecule has 4 aliphatic rings. The third-order valence-corrected chi connectivity index (χ3v) is 8.86. The van der Waals surface area contributed by atoms with Crippen LogP contribution in [0.3, 0.4) is 0 Å². The molecule has 2 bridgehead atoms. The van der Waals surface area contributed by atoms with Crippen LogP contribution in [0.4, 0.5) is 0 Å². The van der Waals surface area contributed by atoms with Crippen LogP contribution in [0.1, 0.15) is 84.5 Å². The number of hydrogen-bond acceptors (Lipinski definition) is 2. The fourth-order valence-electron chi connectivity index (χ4n) is 7.52. The van der Waals surface area contributed by atoms with E-state index in [2.05, 4.69) is 18.8 Å². The highest BCUT2D eigenvalue weighted by Crippen LogP contribution is 2.74. The summed E-state index contributed by atoms with van der Waals surface area (Å²) in [5.74, 6) is 3.00. The van der Waals surface area contributed by atoms with Crippen molar-refractivity contribution in [1.29, 1.82) is 0 Å². The molecule has 0 amide bonds. The molecule has 1 spiro atoms. The highest BCUT2D eigenvalue weighted by molar-refractivity contribution is 6.00. The van der Waals surface area contributed by atoms with Crippen LogP contribution in [0.15, 0.2) is 16.1 Å². The normalized spacial score (nSPS) is 35.0. The Balaban J connectivity index is 1.60. The van der Waals surface area contributed by atoms with Gasteiger partial charge in [0.05, 0.1) is 0 Å². The van der Waals surface area contributed by atoms with E-state index in [0.29, 0.717) is 12.3 Å². The van der Waals surface area contributed by atoms with Crippen molar-refractivity contribution in [2.24, 2.45) is 45.0 Å². The Morgan fingerprint density at radius 2 is 1.85 bits per heavy atom. The summed E-state index contributed by atoms with van der Waals surface area (Å²) in [6, 6.07) is 0. The molecule has 0 saturated heterocycles. The van der Waals surface area contributed by atoms with E-state index in [0.717, 1.165) is 43.4 Å². The third-order valence-electron chi connectivity index (χ3n) is 8.86. The van der Waals surface area contributed by atoms with Crippen LogP contribution >= 0.6 is 0 Å². The van der Waals surface area contributed by atoms with Crippen LogP contribution in [-0.2, 0) is 4.79 Å². The van der Waals surface area contributed by atoms with Crippen molar-refractivity contribution >= 4 is 11.7 Å². The molecular weight excluding hydrogens is 334 g/mol. The van der Waals surface area contributed by atoms with E-state index in [1.54, 1.807) is 5.57 Å². The highest BCUT2D eigenvalue weighted by atomic mass is 16.1. The van der Waals surface area contributed by atoms with Crippen molar-refractivity contribution in [1.82, 2.24) is 0 Å². The van der Waals surface area contributed by atoms with Gasteiger partial charge in [-0.15, -0.1) is 0 Å². The van der Waals surface area contributed by atoms with Crippen LogP contribution in [0.2, 0.25) is 0 Å². The molecule has 4 heteroatoms. The molecule has 27 heavy (non-hydrogen) atoms. The maximum absolute atomic E-state index is 13.2. The van der Waals surface area contributed by atoms with Crippen molar-refractivity contribution in [2.45, 2.75) is 84.5 Å². The van der Waals surface area contributed by atoms with Gasteiger partial charge in [0, 0.05) is 18.4 Å². The van der Waals surface area contributed by atoms with E-state index in [1.807, 2.05) is 0 Å². The SMILES string of the molecule is CC1(C)C2CCC(C3CCCC3)C13CC(=O)C(CCCCN=C(N)N)=C3C2. The summed E-state index contributed by atoms with van der Waals surface area (Å²) < 4.78 is 0. The van der Waals surface area contributed by atoms with E-state index in [-0.39, 0.29) is 16.8 Å². The monoisotopic (exact) mass is 371 g/mol. The van der Waals surface area contributed by atoms with Gasteiger partial charge in [-0.25, -0.2) is 0 Å². The fourth-order valence-corrected chi connectivity index (χ4v) is 7.52. The van der Waals surface area contributed by atoms with Gasteiger partial charge in [0.15, 0.2) is 11.7 Å². The summed E-state index contributed by atoms with van der Waals surface area (Å²) in [5, 5.41) is 0. The molecule has 4 nitrogen and oxygen atoms in total. The second-order valence-corrected chi connectivity index (χ2v) is 10.1. The minimum Gasteiger partial charge on any atom is -0.370 e. The first-order valence-corrected chi connectivity index (χ1v) is 11.2. The molecular formula is C23H37N3O. The molecule has 150 valence electrons. The average molecular weight is 372 g/mol. The van der Waals surface area contributed by atoms with Crippen molar-refractivity contribution in [3.63, 3.8) is 0 Å². The first-order valence-electron chi connectivity index (χ1n) is 11.2. The number of ketones is 1. The van der Waals surface area contributed by atoms with E-state index in [1.165, 1.54) is 50.5 Å². The van der Waals surface area contributed by atoms with Gasteiger partial charge in [-0.2, -0.15) is 0 Å². The van der Waals surface area contributed by atoms with Crippen molar-refractivity contribution < 1.29 is 4.79 Å². The molecule has 0 heterocycles. The van der Waals surface area contributed by atoms with Gasteiger partial charge in [0.1, 0.15) is 0 Å². The maximum Gasteiger partial charge on any atom is 0.185 e. The van der Waals surface area contributed by atoms with Gasteiger partial charge < -0.3 is 11.5 Å². The number of carbonyl (C=O) groups is 1. The number of aliphatic imine (C=N–C) groups is 1. The smallest absolute Gasteiger partial charge is 0.185 e. The number of carbonyl (C=O) groups excluding carboxylic acids is 1. The van der Waals surface area contributed by atoms with Gasteiger partial charge in [-0.3, -0.25) is 9.79 Å². The number of hydrogen-bond donors (Lipinski definition) is 2. The van der Waals surface area contributed by atoms with Crippen LogP contribution < -0.4 is 11.5 Å². The lowest BCUT2D eigenvalue weighted by atomic mass is 9.50. The lowest BCUT2D eigenvalue weighted by Gasteiger charge is -2.54. The van der Waals surface area contributed by atoms with Gasteiger partial charge in [0.2, 0.25) is 0 Å². The number of guanidine groups is 1. The number of rotatable bonds is 6. The van der Waals surface area contributed by atoms with Crippen LogP contribution in [0, 0.1) is 28.6 Å². The lowest BCUT2D eigenvalue weighted by molar-refractivity contribution is -0.121. The summed E-state index contributed by atoms with van der Waals surface area (Å²) in [4.78, 5) is 17.3. The molecule has 4 aliphatic carbocycles. The molecule has 3 atom stereocenters. The van der Waals surface area contributed by atoms with Gasteiger partial charge in [-0.05, 0) is 67.3 Å². The largest absolute Gasteiger partial charge is 0.370 e. The second-order valence-electron chi connectivity index (χ2n) is 10.1. The molecule has 0 aromatic carbocycles. The van der Waals surface area contributed by atoms with Crippen LogP contribution in [-0.4, -0.2) is 18.3 Å². The molecule has 3 saturated carbocycles. The summed E-state index contributed by atoms with van der Waals surface area (Å²) >= 11 is 0.